The Hall–Kier alpha value is -5.79. The number of aryl methyl sites for hydroxylation is 1. The molecule has 0 radical (unpaired) electrons. The number of ether oxygens (including phenoxy) is 1. The van der Waals surface area contributed by atoms with E-state index in [9.17, 15) is 24.3 Å². The molecule has 0 saturated carbocycles. The highest BCUT2D eigenvalue weighted by molar-refractivity contribution is 7.20. The maximum absolute atomic E-state index is 13.3. The minimum absolute atomic E-state index is 0.0250. The molecule has 1 atom stereocenters. The fourth-order valence-electron chi connectivity index (χ4n) is 6.73. The van der Waals surface area contributed by atoms with Gasteiger partial charge in [-0.2, -0.15) is 0 Å². The zero-order valence-electron chi connectivity index (χ0n) is 29.3. The topological polar surface area (TPSA) is 168 Å². The third-order valence-corrected chi connectivity index (χ3v) is 10.6. The molecule has 272 valence electrons. The number of Topliss-reactive ketones (excluding diaryl/α,β-unsaturated/α-hetero) is 1. The average Bonchev–Trinajstić information content (AvgIpc) is 3.72. The fraction of sp³-hybridized carbons (Fsp3) is 0.275. The number of nitrogens with zero attached hydrogens (tertiary/aromatic N) is 3. The van der Waals surface area contributed by atoms with Crippen molar-refractivity contribution in [1.82, 2.24) is 9.47 Å². The van der Waals surface area contributed by atoms with Crippen molar-refractivity contribution in [1.29, 1.82) is 0 Å². The van der Waals surface area contributed by atoms with Crippen LogP contribution in [0.1, 0.15) is 73.7 Å². The van der Waals surface area contributed by atoms with Crippen LogP contribution in [0.4, 0.5) is 22.7 Å². The average molecular weight is 733 g/mol. The van der Waals surface area contributed by atoms with Crippen LogP contribution in [0.15, 0.2) is 77.9 Å². The summed E-state index contributed by atoms with van der Waals surface area (Å²) in [5, 5.41) is 16.6. The predicted octanol–water partition coefficient (Wildman–Crippen LogP) is 6.50. The number of benzene rings is 3. The molecule has 2 aromatic heterocycles. The van der Waals surface area contributed by atoms with Crippen molar-refractivity contribution in [3.63, 3.8) is 0 Å². The number of nitrogens with two attached hydrogens (primary N) is 1. The molecule has 0 spiro atoms. The second-order valence-electron chi connectivity index (χ2n) is 13.4. The van der Waals surface area contributed by atoms with Crippen LogP contribution in [0, 0.1) is 0 Å². The van der Waals surface area contributed by atoms with Gasteiger partial charge in [-0.1, -0.05) is 6.07 Å². The Morgan fingerprint density at radius 3 is 2.66 bits per heavy atom. The first kappa shape index (κ1) is 35.6. The fourth-order valence-corrected chi connectivity index (χ4v) is 7.67. The first-order valence-electron chi connectivity index (χ1n) is 17.6. The van der Waals surface area contributed by atoms with Gasteiger partial charge < -0.3 is 35.7 Å². The van der Waals surface area contributed by atoms with Crippen LogP contribution in [0.2, 0.25) is 0 Å². The van der Waals surface area contributed by atoms with Gasteiger partial charge in [0.25, 0.3) is 11.8 Å². The van der Waals surface area contributed by atoms with Crippen LogP contribution in [0.3, 0.4) is 0 Å². The van der Waals surface area contributed by atoms with E-state index in [4.69, 9.17) is 10.5 Å². The van der Waals surface area contributed by atoms with E-state index in [1.165, 1.54) is 11.3 Å². The molecule has 7 rings (SSSR count). The van der Waals surface area contributed by atoms with E-state index in [-0.39, 0.29) is 55.6 Å². The number of anilines is 3. The van der Waals surface area contributed by atoms with Crippen LogP contribution in [0.5, 0.6) is 5.75 Å². The van der Waals surface area contributed by atoms with E-state index in [1.54, 1.807) is 60.3 Å². The van der Waals surface area contributed by atoms with E-state index in [0.717, 1.165) is 34.9 Å². The standard InChI is InChI=1S/C40H40N6O6S/c1-45-22-29(19-33(45)34(48)16-24-7-12-36-25(15-24)18-37(53-36)39(50)44-28-10-8-27(41)9-11-28)43-38(49)6-4-14-52-35-20-32-31(17-26(35)23-47)40(51)46-13-3-2-5-30(46)21-42-32/h7-12,15,17-22,30,47H,2-6,13-14,16,23,41H2,1H3,(H,43,49)(H,44,50)/t30-/m0/s1. The lowest BCUT2D eigenvalue weighted by atomic mass is 10.0. The normalized spacial score (nSPS) is 15.1. The number of ketones is 1. The molecule has 4 heterocycles. The van der Waals surface area contributed by atoms with Gasteiger partial charge in [0.15, 0.2) is 5.78 Å². The molecule has 0 aliphatic carbocycles. The number of rotatable bonds is 12. The number of nitrogen functional groups attached to an aromatic ring is 1. The van der Waals surface area contributed by atoms with Crippen LogP contribution < -0.4 is 21.1 Å². The van der Waals surface area contributed by atoms with Crippen molar-refractivity contribution < 1.29 is 29.0 Å². The second kappa shape index (κ2) is 15.4. The van der Waals surface area contributed by atoms with Crippen LogP contribution in [0.25, 0.3) is 10.1 Å². The van der Waals surface area contributed by atoms with Crippen molar-refractivity contribution >= 4 is 73.9 Å². The lowest BCUT2D eigenvalue weighted by molar-refractivity contribution is -0.116. The highest BCUT2D eigenvalue weighted by Crippen LogP contribution is 2.34. The van der Waals surface area contributed by atoms with E-state index < -0.39 is 0 Å². The van der Waals surface area contributed by atoms with Gasteiger partial charge in [-0.15, -0.1) is 11.3 Å². The number of aromatic nitrogens is 1. The molecule has 13 heteroatoms. The number of hydrogen-bond acceptors (Lipinski definition) is 9. The minimum Gasteiger partial charge on any atom is -0.493 e. The van der Waals surface area contributed by atoms with Gasteiger partial charge in [-0.05, 0) is 91.2 Å². The molecule has 5 aromatic rings. The van der Waals surface area contributed by atoms with Crippen molar-refractivity contribution in [2.45, 2.75) is 51.2 Å². The monoisotopic (exact) mass is 732 g/mol. The Labute approximate surface area is 310 Å². The zero-order valence-corrected chi connectivity index (χ0v) is 30.1. The quantitative estimate of drug-likeness (QED) is 0.0645. The van der Waals surface area contributed by atoms with Crippen molar-refractivity contribution in [3.8, 4) is 5.75 Å². The third-order valence-electron chi connectivity index (χ3n) is 9.49. The molecule has 1 fully saturated rings. The van der Waals surface area contributed by atoms with Gasteiger partial charge >= 0.3 is 0 Å². The first-order valence-corrected chi connectivity index (χ1v) is 18.4. The van der Waals surface area contributed by atoms with E-state index in [2.05, 4.69) is 15.6 Å². The van der Waals surface area contributed by atoms with E-state index >= 15 is 0 Å². The molecule has 53 heavy (non-hydrogen) atoms. The van der Waals surface area contributed by atoms with Gasteiger partial charge in [0, 0.05) is 66.6 Å². The Morgan fingerprint density at radius 2 is 1.85 bits per heavy atom. The summed E-state index contributed by atoms with van der Waals surface area (Å²) in [6.07, 6.45) is 7.15. The maximum Gasteiger partial charge on any atom is 0.265 e. The Balaban J connectivity index is 0.915. The Morgan fingerprint density at radius 1 is 1.02 bits per heavy atom. The number of carbonyl (C=O) groups excluding carboxylic acids is 4. The number of carbonyl (C=O) groups is 4. The predicted molar refractivity (Wildman–Crippen MR) is 207 cm³/mol. The number of thiophene rings is 1. The number of aliphatic imine (C=N–C) groups is 1. The summed E-state index contributed by atoms with van der Waals surface area (Å²) in [5.74, 6) is -0.211. The van der Waals surface area contributed by atoms with Gasteiger partial charge in [-0.25, -0.2) is 0 Å². The van der Waals surface area contributed by atoms with Crippen LogP contribution >= 0.6 is 11.3 Å². The van der Waals surface area contributed by atoms with Crippen molar-refractivity contribution in [2.75, 3.05) is 29.5 Å². The molecule has 2 aliphatic rings. The summed E-state index contributed by atoms with van der Waals surface area (Å²) in [6, 6.07) is 19.5. The number of aliphatic hydroxyl groups is 1. The van der Waals surface area contributed by atoms with Gasteiger partial charge in [-0.3, -0.25) is 24.2 Å². The molecular formula is C40H40N6O6S. The van der Waals surface area contributed by atoms with Gasteiger partial charge in [0.2, 0.25) is 5.91 Å². The van der Waals surface area contributed by atoms with Crippen molar-refractivity contribution in [3.05, 3.63) is 100 Å². The van der Waals surface area contributed by atoms with Gasteiger partial charge in [0.05, 0.1) is 46.8 Å². The summed E-state index contributed by atoms with van der Waals surface area (Å²) in [6.45, 7) is 0.606. The largest absolute Gasteiger partial charge is 0.493 e. The molecule has 1 saturated heterocycles. The molecule has 0 bridgehead atoms. The molecule has 5 N–H and O–H groups in total. The summed E-state index contributed by atoms with van der Waals surface area (Å²) in [4.78, 5) is 59.2. The summed E-state index contributed by atoms with van der Waals surface area (Å²) in [7, 11) is 1.76. The molecule has 12 nitrogen and oxygen atoms in total. The number of fused-ring (bicyclic) bond motifs is 3. The minimum atomic E-state index is -0.299. The SMILES string of the molecule is Cn1cc(NC(=O)CCCOc2cc3c(cc2CO)C(=O)N2CCCC[C@H]2C=N3)cc1C(=O)Cc1ccc2sc(C(=O)Nc3ccc(N)cc3)cc2c1. The molecular weight excluding hydrogens is 693 g/mol. The number of nitrogens with one attached hydrogen (secondary N) is 2. The summed E-state index contributed by atoms with van der Waals surface area (Å²) < 4.78 is 8.59. The number of piperidine rings is 1. The first-order chi connectivity index (χ1) is 25.6. The number of amides is 3. The van der Waals surface area contributed by atoms with Crippen LogP contribution in [-0.4, -0.2) is 63.5 Å². The van der Waals surface area contributed by atoms with E-state index in [1.807, 2.05) is 35.4 Å². The number of hydrogen-bond donors (Lipinski definition) is 4. The van der Waals surface area contributed by atoms with Gasteiger partial charge in [0.1, 0.15) is 5.75 Å². The molecule has 3 aromatic carbocycles. The van der Waals surface area contributed by atoms with Crippen LogP contribution in [-0.2, 0) is 24.9 Å². The highest BCUT2D eigenvalue weighted by Gasteiger charge is 2.31. The zero-order chi connectivity index (χ0) is 37.1. The molecule has 0 unspecified atom stereocenters. The third kappa shape index (κ3) is 8.01. The van der Waals surface area contributed by atoms with Crippen molar-refractivity contribution in [2.24, 2.45) is 12.0 Å². The molecule has 3 amide bonds. The molecule has 2 aliphatic heterocycles. The smallest absolute Gasteiger partial charge is 0.265 e. The van der Waals surface area contributed by atoms with E-state index in [0.29, 0.717) is 63.2 Å². The lowest BCUT2D eigenvalue weighted by Gasteiger charge is -2.32. The highest BCUT2D eigenvalue weighted by atomic mass is 32.1. The Kier molecular flexibility index (Phi) is 10.4. The lowest BCUT2D eigenvalue weighted by Crippen LogP contribution is -2.43. The summed E-state index contributed by atoms with van der Waals surface area (Å²) >= 11 is 1.38. The maximum atomic E-state index is 13.3. The number of aliphatic hydroxyl groups excluding tert-OH is 1. The summed E-state index contributed by atoms with van der Waals surface area (Å²) in [5.41, 5.74) is 10.2. The Bertz CT molecular complexity index is 2240. The second-order valence-corrected chi connectivity index (χ2v) is 14.4.